The van der Waals surface area contributed by atoms with Crippen LogP contribution in [0.3, 0.4) is 0 Å². The summed E-state index contributed by atoms with van der Waals surface area (Å²) in [5.74, 6) is -0.821. The lowest BCUT2D eigenvalue weighted by atomic mass is 10.0. The second-order valence-corrected chi connectivity index (χ2v) is 29.1. The zero-order valence-electron chi connectivity index (χ0n) is 61.2. The third-order valence-electron chi connectivity index (χ3n) is 17.4. The number of rotatable bonds is 73. The first-order valence-electron chi connectivity index (χ1n) is 39.3. The predicted molar refractivity (Wildman–Crippen MR) is 397 cm³/mol. The van der Waals surface area contributed by atoms with Crippen molar-refractivity contribution in [3.8, 4) is 0 Å². The number of nitrogens with zero attached hydrogens (tertiary/aromatic N) is 1. The number of quaternary nitrogens is 1. The lowest BCUT2D eigenvalue weighted by molar-refractivity contribution is -0.870. The molecule has 0 aliphatic carbocycles. The Hall–Kier alpha value is -2.81. The quantitative estimate of drug-likeness (QED) is 0.0195. The van der Waals surface area contributed by atoms with Gasteiger partial charge in [0.25, 0.3) is 7.82 Å². The van der Waals surface area contributed by atoms with Crippen molar-refractivity contribution < 1.29 is 42.1 Å². The highest BCUT2D eigenvalue weighted by atomic mass is 31.2. The lowest BCUT2D eigenvalue weighted by Crippen LogP contribution is -2.37. The molecular formula is C82H150NO8P. The van der Waals surface area contributed by atoms with Crippen LogP contribution in [0.25, 0.3) is 0 Å². The Morgan fingerprint density at radius 1 is 0.348 bits per heavy atom. The fourth-order valence-corrected chi connectivity index (χ4v) is 12.2. The van der Waals surface area contributed by atoms with E-state index in [2.05, 4.69) is 98.9 Å². The van der Waals surface area contributed by atoms with E-state index in [9.17, 15) is 19.0 Å². The maximum absolute atomic E-state index is 12.9. The van der Waals surface area contributed by atoms with Crippen LogP contribution < -0.4 is 4.89 Å². The number of carbonyl (C=O) groups is 2. The monoisotopic (exact) mass is 1310 g/mol. The Balaban J connectivity index is 3.95. The molecule has 92 heavy (non-hydrogen) atoms. The SMILES string of the molecule is CC/C=C\C/C=C\C/C=C\C/C=C\C/C=C\C/C=C\CCCCCCCCCCCCCCC(=O)OC(COC(=O)CCCCCCCCCCCCCCCCCCCCCCCCCCC/C=C\CCCCCCCCCC)COP(=O)([O-])OCC[N+](C)(C)C. The van der Waals surface area contributed by atoms with Gasteiger partial charge in [0.15, 0.2) is 6.10 Å². The van der Waals surface area contributed by atoms with Crippen molar-refractivity contribution in [3.63, 3.8) is 0 Å². The van der Waals surface area contributed by atoms with E-state index < -0.39 is 26.5 Å². The zero-order chi connectivity index (χ0) is 66.9. The molecule has 0 aliphatic rings. The van der Waals surface area contributed by atoms with Crippen LogP contribution in [-0.2, 0) is 32.7 Å². The molecule has 536 valence electrons. The second-order valence-electron chi connectivity index (χ2n) is 27.7. The van der Waals surface area contributed by atoms with E-state index in [-0.39, 0.29) is 32.0 Å². The van der Waals surface area contributed by atoms with Gasteiger partial charge in [-0.05, 0) is 89.9 Å². The van der Waals surface area contributed by atoms with Crippen LogP contribution in [0, 0.1) is 0 Å². The largest absolute Gasteiger partial charge is 0.756 e. The van der Waals surface area contributed by atoms with Crippen molar-refractivity contribution in [1.82, 2.24) is 0 Å². The van der Waals surface area contributed by atoms with E-state index in [0.717, 1.165) is 77.0 Å². The summed E-state index contributed by atoms with van der Waals surface area (Å²) < 4.78 is 34.4. The number of carbonyl (C=O) groups excluding carboxylic acids is 2. The minimum atomic E-state index is -4.65. The molecular weight excluding hydrogens is 1160 g/mol. The van der Waals surface area contributed by atoms with Gasteiger partial charge < -0.3 is 27.9 Å². The summed E-state index contributed by atoms with van der Waals surface area (Å²) in [6.07, 6.45) is 99.9. The van der Waals surface area contributed by atoms with Crippen molar-refractivity contribution >= 4 is 19.8 Å². The summed E-state index contributed by atoms with van der Waals surface area (Å²) in [6, 6.07) is 0. The first-order valence-corrected chi connectivity index (χ1v) is 40.8. The Bertz CT molecular complexity index is 1830. The molecule has 0 aromatic heterocycles. The number of ether oxygens (including phenoxy) is 2. The van der Waals surface area contributed by atoms with Gasteiger partial charge in [-0.2, -0.15) is 0 Å². The van der Waals surface area contributed by atoms with Gasteiger partial charge in [-0.15, -0.1) is 0 Å². The van der Waals surface area contributed by atoms with Gasteiger partial charge in [-0.1, -0.05) is 356 Å². The van der Waals surface area contributed by atoms with E-state index in [1.165, 1.54) is 263 Å². The van der Waals surface area contributed by atoms with Crippen molar-refractivity contribution in [1.29, 1.82) is 0 Å². The molecule has 0 fully saturated rings. The zero-order valence-corrected chi connectivity index (χ0v) is 62.1. The number of unbranched alkanes of at least 4 members (excludes halogenated alkanes) is 45. The standard InChI is InChI=1S/C82H150NO8P/c1-6-8-10-12-14-16-18-20-22-24-26-28-30-32-34-36-38-39-40-41-42-43-45-46-48-50-52-54-56-58-60-62-64-66-68-70-72-74-81(84)88-78-80(79-90-92(86,87)89-77-76-83(3,4)5)91-82(85)75-73-71-69-67-65-63-61-59-57-55-53-51-49-47-44-37-35-33-31-29-27-25-23-21-19-17-15-13-11-9-7-2/h9,11,15,17,21,23-24,26-27,29,33,35,44,47,80H,6-8,10,12-14,16,18-20,22,25,28,30-32,34,36-43,45-46,48-79H2,1-5H3/b11-9-,17-15-,23-21-,26-24-,29-27-,35-33-,47-44-. The number of hydrogen-bond acceptors (Lipinski definition) is 8. The third-order valence-corrected chi connectivity index (χ3v) is 18.4. The number of phosphoric acid groups is 1. The number of hydrogen-bond donors (Lipinski definition) is 0. The molecule has 0 saturated carbocycles. The molecule has 2 unspecified atom stereocenters. The second kappa shape index (κ2) is 72.5. The molecule has 0 aromatic rings. The minimum Gasteiger partial charge on any atom is -0.756 e. The molecule has 0 heterocycles. The van der Waals surface area contributed by atoms with Gasteiger partial charge in [-0.3, -0.25) is 14.2 Å². The van der Waals surface area contributed by atoms with Crippen LogP contribution >= 0.6 is 7.82 Å². The Kier molecular flexibility index (Phi) is 70.2. The fraction of sp³-hybridized carbons (Fsp3) is 0.805. The van der Waals surface area contributed by atoms with Gasteiger partial charge in [0.05, 0.1) is 27.7 Å². The van der Waals surface area contributed by atoms with E-state index in [1.807, 2.05) is 21.1 Å². The van der Waals surface area contributed by atoms with E-state index in [0.29, 0.717) is 17.4 Å². The van der Waals surface area contributed by atoms with Gasteiger partial charge in [0.1, 0.15) is 19.8 Å². The topological polar surface area (TPSA) is 111 Å². The number of phosphoric ester groups is 1. The van der Waals surface area contributed by atoms with Crippen LogP contribution in [0.15, 0.2) is 85.1 Å². The van der Waals surface area contributed by atoms with Crippen LogP contribution in [0.4, 0.5) is 0 Å². The smallest absolute Gasteiger partial charge is 0.306 e. The molecule has 2 atom stereocenters. The molecule has 0 spiro atoms. The molecule has 0 aliphatic heterocycles. The highest BCUT2D eigenvalue weighted by Crippen LogP contribution is 2.38. The summed E-state index contributed by atoms with van der Waals surface area (Å²) in [6.45, 7) is 4.17. The Morgan fingerprint density at radius 2 is 0.620 bits per heavy atom. The van der Waals surface area contributed by atoms with Crippen molar-refractivity contribution in [2.45, 2.75) is 380 Å². The third kappa shape index (κ3) is 76.2. The Labute approximate surface area is 571 Å². The highest BCUT2D eigenvalue weighted by molar-refractivity contribution is 7.45. The molecule has 9 nitrogen and oxygen atoms in total. The summed E-state index contributed by atoms with van der Waals surface area (Å²) in [5, 5.41) is 0. The minimum absolute atomic E-state index is 0.0321. The summed E-state index contributed by atoms with van der Waals surface area (Å²) in [4.78, 5) is 38.2. The lowest BCUT2D eigenvalue weighted by Gasteiger charge is -2.28. The fourth-order valence-electron chi connectivity index (χ4n) is 11.4. The molecule has 0 aromatic carbocycles. The molecule has 0 amide bonds. The van der Waals surface area contributed by atoms with Gasteiger partial charge in [-0.25, -0.2) is 0 Å². The summed E-state index contributed by atoms with van der Waals surface area (Å²) >= 11 is 0. The summed E-state index contributed by atoms with van der Waals surface area (Å²) in [7, 11) is 1.17. The average Bonchev–Trinajstić information content (AvgIpc) is 2.14. The van der Waals surface area contributed by atoms with Crippen LogP contribution in [0.1, 0.15) is 373 Å². The van der Waals surface area contributed by atoms with E-state index >= 15 is 0 Å². The van der Waals surface area contributed by atoms with Crippen molar-refractivity contribution in [2.24, 2.45) is 0 Å². The molecule has 0 saturated heterocycles. The molecule has 0 rings (SSSR count). The number of likely N-dealkylation sites (N-methyl/N-ethyl adjacent to an activating group) is 1. The van der Waals surface area contributed by atoms with Crippen molar-refractivity contribution in [2.75, 3.05) is 47.5 Å². The number of allylic oxidation sites excluding steroid dienone is 14. The first kappa shape index (κ1) is 89.2. The first-order chi connectivity index (χ1) is 45.0. The van der Waals surface area contributed by atoms with Crippen LogP contribution in [0.2, 0.25) is 0 Å². The molecule has 0 N–H and O–H groups in total. The predicted octanol–water partition coefficient (Wildman–Crippen LogP) is 25.4. The van der Waals surface area contributed by atoms with Gasteiger partial charge >= 0.3 is 11.9 Å². The van der Waals surface area contributed by atoms with Crippen molar-refractivity contribution in [3.05, 3.63) is 85.1 Å². The normalized spacial score (nSPS) is 13.5. The maximum atomic E-state index is 12.9. The number of esters is 2. The van der Waals surface area contributed by atoms with Crippen LogP contribution in [0.5, 0.6) is 0 Å². The molecule has 0 radical (unpaired) electrons. The average molecular weight is 1310 g/mol. The maximum Gasteiger partial charge on any atom is 0.306 e. The van der Waals surface area contributed by atoms with Gasteiger partial charge in [0, 0.05) is 12.8 Å². The molecule has 0 bridgehead atoms. The summed E-state index contributed by atoms with van der Waals surface area (Å²) in [5.41, 5.74) is 0. The van der Waals surface area contributed by atoms with Crippen LogP contribution in [-0.4, -0.2) is 70.0 Å². The molecule has 10 heteroatoms. The highest BCUT2D eigenvalue weighted by Gasteiger charge is 2.22. The Morgan fingerprint density at radius 3 is 0.935 bits per heavy atom. The van der Waals surface area contributed by atoms with E-state index in [1.54, 1.807) is 0 Å². The van der Waals surface area contributed by atoms with Gasteiger partial charge in [0.2, 0.25) is 0 Å². The van der Waals surface area contributed by atoms with E-state index in [4.69, 9.17) is 18.5 Å².